The van der Waals surface area contributed by atoms with Gasteiger partial charge >= 0.3 is 103 Å². The van der Waals surface area contributed by atoms with Crippen molar-refractivity contribution in [3.05, 3.63) is 0 Å². The van der Waals surface area contributed by atoms with Crippen LogP contribution in [-0.2, 0) is 40.3 Å². The molecule has 6 unspecified atom stereocenters. The molecule has 0 saturated heterocycles. The number of hydrogen-bond acceptors (Lipinski definition) is 10. The standard InChI is InChI=1S/C13H25ClN2O10S4.2K/c1-27(17,18)15-11-6-8(2-4-10(11)14)28(19,20)16-12-7-9(29(21,22)23)3-5-13(12)30(24,25)26;;/h8-13,15-16H,2-7H2,1H3,(H,21,22,23)(H,24,25,26);;/q;2*+1/p-2. The van der Waals surface area contributed by atoms with E-state index in [1.54, 1.807) is 0 Å². The largest absolute Gasteiger partial charge is 1.00 e. The summed E-state index contributed by atoms with van der Waals surface area (Å²) < 4.78 is 122. The van der Waals surface area contributed by atoms with Crippen molar-refractivity contribution in [2.45, 2.75) is 71.7 Å². The van der Waals surface area contributed by atoms with Crippen molar-refractivity contribution in [3.8, 4) is 0 Å². The molecule has 0 amide bonds. The first-order valence-electron chi connectivity index (χ1n) is 8.92. The van der Waals surface area contributed by atoms with Gasteiger partial charge in [0.25, 0.3) is 0 Å². The van der Waals surface area contributed by atoms with E-state index in [1.807, 2.05) is 0 Å². The molecule has 2 rings (SSSR count). The summed E-state index contributed by atoms with van der Waals surface area (Å²) in [6.45, 7) is 0. The fourth-order valence-corrected chi connectivity index (χ4v) is 8.84. The average molecular weight is 609 g/mol. The molecule has 0 spiro atoms. The van der Waals surface area contributed by atoms with Crippen molar-refractivity contribution in [1.29, 1.82) is 0 Å². The van der Waals surface area contributed by atoms with Crippen LogP contribution in [0.15, 0.2) is 0 Å². The first kappa shape index (κ1) is 35.2. The average Bonchev–Trinajstić information content (AvgIpc) is 2.53. The third-order valence-electron chi connectivity index (χ3n) is 5.36. The van der Waals surface area contributed by atoms with E-state index < -0.39 is 86.3 Å². The van der Waals surface area contributed by atoms with Crippen LogP contribution in [0.25, 0.3) is 0 Å². The van der Waals surface area contributed by atoms with Crippen LogP contribution in [-0.4, -0.2) is 82.2 Å². The third kappa shape index (κ3) is 10.5. The Kier molecular flexibility index (Phi) is 14.7. The van der Waals surface area contributed by atoms with E-state index >= 15 is 0 Å². The van der Waals surface area contributed by atoms with E-state index in [1.165, 1.54) is 0 Å². The molecule has 19 heteroatoms. The molecule has 178 valence electrons. The van der Waals surface area contributed by atoms with Crippen LogP contribution in [0, 0.1) is 0 Å². The zero-order valence-electron chi connectivity index (χ0n) is 17.8. The van der Waals surface area contributed by atoms with Gasteiger partial charge in [0.05, 0.1) is 47.6 Å². The number of hydrogen-bond donors (Lipinski definition) is 2. The second-order valence-corrected chi connectivity index (χ2v) is 15.3. The molecule has 2 aliphatic carbocycles. The van der Waals surface area contributed by atoms with Crippen LogP contribution in [0.4, 0.5) is 0 Å². The molecule has 2 saturated carbocycles. The third-order valence-corrected chi connectivity index (χ3v) is 11.1. The molecular weight excluding hydrogens is 586 g/mol. The molecule has 12 nitrogen and oxygen atoms in total. The maximum atomic E-state index is 12.8. The molecule has 0 heterocycles. The van der Waals surface area contributed by atoms with Crippen LogP contribution in [0.1, 0.15) is 38.5 Å². The Morgan fingerprint density at radius 1 is 0.719 bits per heavy atom. The summed E-state index contributed by atoms with van der Waals surface area (Å²) in [6, 6.07) is -2.48. The first-order chi connectivity index (χ1) is 13.4. The quantitative estimate of drug-likeness (QED) is 0.158. The topological polar surface area (TPSA) is 207 Å². The monoisotopic (exact) mass is 608 g/mol. The minimum absolute atomic E-state index is 0. The van der Waals surface area contributed by atoms with E-state index in [2.05, 4.69) is 9.44 Å². The van der Waals surface area contributed by atoms with E-state index in [-0.39, 0.29) is 128 Å². The maximum Gasteiger partial charge on any atom is 1.00 e. The molecule has 0 aliphatic heterocycles. The van der Waals surface area contributed by atoms with Crippen molar-refractivity contribution >= 4 is 51.9 Å². The van der Waals surface area contributed by atoms with Crippen LogP contribution >= 0.6 is 11.6 Å². The fraction of sp³-hybridized carbons (Fsp3) is 1.00. The molecule has 2 N–H and O–H groups in total. The molecule has 6 atom stereocenters. The summed E-state index contributed by atoms with van der Waals surface area (Å²) in [5.41, 5.74) is 0. The Balaban J connectivity index is 0.00000480. The molecular formula is C13H23ClK2N2O10S4. The van der Waals surface area contributed by atoms with Gasteiger partial charge in [-0.3, -0.25) is 0 Å². The Hall–Kier alpha value is 3.20. The van der Waals surface area contributed by atoms with Crippen molar-refractivity contribution in [2.24, 2.45) is 0 Å². The van der Waals surface area contributed by atoms with Gasteiger partial charge in [-0.05, 0) is 38.5 Å². The SMILES string of the molecule is CS(=O)(=O)NC1CC(S(=O)(=O)NC2CC(S(=O)(=O)[O-])CCC2S(=O)(=O)[O-])CCC1Cl.[K+].[K+]. The molecule has 0 aromatic rings. The van der Waals surface area contributed by atoms with E-state index in [0.717, 1.165) is 6.26 Å². The van der Waals surface area contributed by atoms with E-state index in [4.69, 9.17) is 11.6 Å². The fourth-order valence-electron chi connectivity index (χ4n) is 3.92. The number of alkyl halides is 1. The molecule has 2 aliphatic rings. The predicted molar refractivity (Wildman–Crippen MR) is 106 cm³/mol. The summed E-state index contributed by atoms with van der Waals surface area (Å²) in [4.78, 5) is 0. The van der Waals surface area contributed by atoms with Gasteiger partial charge in [-0.2, -0.15) is 0 Å². The van der Waals surface area contributed by atoms with Gasteiger partial charge in [-0.25, -0.2) is 43.1 Å². The smallest absolute Gasteiger partial charge is 0.748 e. The van der Waals surface area contributed by atoms with Gasteiger partial charge in [-0.15, -0.1) is 11.6 Å². The van der Waals surface area contributed by atoms with Gasteiger partial charge in [0.1, 0.15) is 0 Å². The van der Waals surface area contributed by atoms with Crippen LogP contribution in [0.2, 0.25) is 0 Å². The zero-order chi connectivity index (χ0) is 23.1. The Morgan fingerprint density at radius 2 is 1.22 bits per heavy atom. The molecule has 0 radical (unpaired) electrons. The maximum absolute atomic E-state index is 12.8. The Labute approximate surface area is 279 Å². The van der Waals surface area contributed by atoms with Gasteiger partial charge in [0, 0.05) is 12.1 Å². The number of halogens is 1. The number of rotatable bonds is 7. The summed E-state index contributed by atoms with van der Waals surface area (Å²) in [6.07, 6.45) is -0.621. The summed E-state index contributed by atoms with van der Waals surface area (Å²) in [5.74, 6) is 0. The van der Waals surface area contributed by atoms with Crippen LogP contribution in [0.3, 0.4) is 0 Å². The number of sulfonamides is 2. The molecule has 0 bridgehead atoms. The molecule has 0 aromatic heterocycles. The van der Waals surface area contributed by atoms with Gasteiger partial charge in [0.2, 0.25) is 20.0 Å². The minimum atomic E-state index is -4.98. The van der Waals surface area contributed by atoms with Gasteiger partial charge in [0.15, 0.2) is 0 Å². The summed E-state index contributed by atoms with van der Waals surface area (Å²) in [7, 11) is -17.8. The Bertz CT molecular complexity index is 1070. The molecule has 32 heavy (non-hydrogen) atoms. The second-order valence-electron chi connectivity index (χ2n) is 7.68. The van der Waals surface area contributed by atoms with Crippen molar-refractivity contribution < 1.29 is 146 Å². The molecule has 2 fully saturated rings. The normalized spacial score (nSPS) is 32.4. The minimum Gasteiger partial charge on any atom is -0.748 e. The zero-order valence-corrected chi connectivity index (χ0v) is 28.1. The summed E-state index contributed by atoms with van der Waals surface area (Å²) in [5, 5.41) is -5.07. The predicted octanol–water partition coefficient (Wildman–Crippen LogP) is -7.63. The van der Waals surface area contributed by atoms with Crippen molar-refractivity contribution in [2.75, 3.05) is 6.26 Å². The van der Waals surface area contributed by atoms with E-state index in [9.17, 15) is 42.8 Å². The Morgan fingerprint density at radius 3 is 1.69 bits per heavy atom. The van der Waals surface area contributed by atoms with Gasteiger partial charge < -0.3 is 9.11 Å². The summed E-state index contributed by atoms with van der Waals surface area (Å²) >= 11 is 6.08. The van der Waals surface area contributed by atoms with Gasteiger partial charge in [-0.1, -0.05) is 0 Å². The van der Waals surface area contributed by atoms with Crippen LogP contribution in [0.5, 0.6) is 0 Å². The van der Waals surface area contributed by atoms with Crippen molar-refractivity contribution in [1.82, 2.24) is 9.44 Å². The molecule has 0 aromatic carbocycles. The first-order valence-corrected chi connectivity index (χ1v) is 15.7. The van der Waals surface area contributed by atoms with Crippen LogP contribution < -0.4 is 112 Å². The number of nitrogens with one attached hydrogen (secondary N) is 2. The van der Waals surface area contributed by atoms with E-state index in [0.29, 0.717) is 0 Å². The second kappa shape index (κ2) is 13.3. The van der Waals surface area contributed by atoms with Crippen molar-refractivity contribution in [3.63, 3.8) is 0 Å².